The zero-order valence-corrected chi connectivity index (χ0v) is 13.8. The van der Waals surface area contributed by atoms with Crippen LogP contribution < -0.4 is 5.32 Å². The summed E-state index contributed by atoms with van der Waals surface area (Å²) in [5.74, 6) is -1.06. The first kappa shape index (κ1) is 16.7. The highest BCUT2D eigenvalue weighted by atomic mass is 79.9. The molecule has 1 rings (SSSR count). The fraction of sp³-hybridized carbons (Fsp3) is 0.467. The number of nitrogens with one attached hydrogen (secondary N) is 1. The van der Waals surface area contributed by atoms with E-state index >= 15 is 0 Å². The second kappa shape index (κ2) is 6.39. The first-order valence-electron chi connectivity index (χ1n) is 6.39. The fourth-order valence-electron chi connectivity index (χ4n) is 2.13. The molecule has 0 spiro atoms. The Labute approximate surface area is 127 Å². The summed E-state index contributed by atoms with van der Waals surface area (Å²) < 4.78 is 1.03. The molecule has 0 bridgehead atoms. The van der Waals surface area contributed by atoms with Crippen LogP contribution >= 0.6 is 15.9 Å². The van der Waals surface area contributed by atoms with Gasteiger partial charge in [0.2, 0.25) is 5.91 Å². The van der Waals surface area contributed by atoms with Crippen molar-refractivity contribution in [2.45, 2.75) is 40.5 Å². The summed E-state index contributed by atoms with van der Waals surface area (Å²) >= 11 is 3.48. The van der Waals surface area contributed by atoms with E-state index in [4.69, 9.17) is 5.11 Å². The molecule has 0 radical (unpaired) electrons. The number of carbonyl (C=O) groups is 2. The number of carbonyl (C=O) groups excluding carboxylic acids is 1. The van der Waals surface area contributed by atoms with Crippen LogP contribution in [0.25, 0.3) is 0 Å². The number of aliphatic carboxylic acids is 1. The van der Waals surface area contributed by atoms with E-state index < -0.39 is 11.4 Å². The van der Waals surface area contributed by atoms with Crippen LogP contribution in [0.4, 0.5) is 5.69 Å². The van der Waals surface area contributed by atoms with E-state index in [1.807, 2.05) is 26.0 Å². The van der Waals surface area contributed by atoms with Gasteiger partial charge in [-0.15, -0.1) is 0 Å². The van der Waals surface area contributed by atoms with E-state index in [1.165, 1.54) is 0 Å². The van der Waals surface area contributed by atoms with Crippen LogP contribution in [-0.2, 0) is 9.59 Å². The van der Waals surface area contributed by atoms with Crippen molar-refractivity contribution in [2.24, 2.45) is 5.41 Å². The summed E-state index contributed by atoms with van der Waals surface area (Å²) in [6, 6.07) is 3.78. The van der Waals surface area contributed by atoms with Crippen molar-refractivity contribution in [3.63, 3.8) is 0 Å². The Hall–Kier alpha value is -1.36. The van der Waals surface area contributed by atoms with Crippen LogP contribution in [0.15, 0.2) is 16.6 Å². The molecule has 0 atom stereocenters. The van der Waals surface area contributed by atoms with Gasteiger partial charge in [0.05, 0.1) is 6.42 Å². The molecule has 0 aromatic heterocycles. The van der Waals surface area contributed by atoms with E-state index in [9.17, 15) is 9.59 Å². The second-order valence-electron chi connectivity index (χ2n) is 5.88. The number of halogens is 1. The van der Waals surface area contributed by atoms with Crippen LogP contribution in [0.2, 0.25) is 0 Å². The molecule has 4 nitrogen and oxygen atoms in total. The topological polar surface area (TPSA) is 66.4 Å². The van der Waals surface area contributed by atoms with Crippen molar-refractivity contribution >= 4 is 33.5 Å². The van der Waals surface area contributed by atoms with Gasteiger partial charge in [0.25, 0.3) is 0 Å². The summed E-state index contributed by atoms with van der Waals surface area (Å²) in [5, 5.41) is 11.6. The van der Waals surface area contributed by atoms with Crippen molar-refractivity contribution in [3.8, 4) is 0 Å². The Morgan fingerprint density at radius 3 is 2.15 bits per heavy atom. The molecule has 0 aliphatic heterocycles. The van der Waals surface area contributed by atoms with Gasteiger partial charge in [0, 0.05) is 16.6 Å². The third kappa shape index (κ3) is 4.96. The van der Waals surface area contributed by atoms with Crippen molar-refractivity contribution in [1.82, 2.24) is 0 Å². The number of aryl methyl sites for hydroxylation is 2. The normalized spacial score (nSPS) is 11.2. The number of carboxylic acid groups (broad SMARTS) is 1. The second-order valence-corrected chi connectivity index (χ2v) is 6.68. The van der Waals surface area contributed by atoms with Gasteiger partial charge < -0.3 is 10.4 Å². The van der Waals surface area contributed by atoms with Gasteiger partial charge in [-0.05, 0) is 42.5 Å². The van der Waals surface area contributed by atoms with Crippen molar-refractivity contribution in [2.75, 3.05) is 5.32 Å². The maximum atomic E-state index is 12.0. The molecule has 0 heterocycles. The highest BCUT2D eigenvalue weighted by Crippen LogP contribution is 2.28. The quantitative estimate of drug-likeness (QED) is 0.853. The first-order chi connectivity index (χ1) is 9.10. The van der Waals surface area contributed by atoms with Gasteiger partial charge in [-0.25, -0.2) is 0 Å². The van der Waals surface area contributed by atoms with E-state index in [1.54, 1.807) is 13.8 Å². The average Bonchev–Trinajstić information content (AvgIpc) is 2.22. The molecule has 110 valence electrons. The molecule has 20 heavy (non-hydrogen) atoms. The van der Waals surface area contributed by atoms with Crippen molar-refractivity contribution in [1.29, 1.82) is 0 Å². The van der Waals surface area contributed by atoms with E-state index in [-0.39, 0.29) is 18.7 Å². The highest BCUT2D eigenvalue weighted by Gasteiger charge is 2.25. The first-order valence-corrected chi connectivity index (χ1v) is 7.18. The van der Waals surface area contributed by atoms with Crippen LogP contribution in [0.5, 0.6) is 0 Å². The molecular formula is C15H20BrNO3. The average molecular weight is 342 g/mol. The van der Waals surface area contributed by atoms with E-state index in [2.05, 4.69) is 21.2 Å². The molecule has 0 unspecified atom stereocenters. The van der Waals surface area contributed by atoms with Gasteiger partial charge >= 0.3 is 5.97 Å². The Bertz CT molecular complexity index is 515. The van der Waals surface area contributed by atoms with Gasteiger partial charge in [0.1, 0.15) is 0 Å². The van der Waals surface area contributed by atoms with Crippen LogP contribution in [-0.4, -0.2) is 17.0 Å². The molecule has 0 aliphatic carbocycles. The van der Waals surface area contributed by atoms with Crippen molar-refractivity contribution in [3.05, 3.63) is 27.7 Å². The minimum atomic E-state index is -0.891. The predicted molar refractivity (Wildman–Crippen MR) is 82.9 cm³/mol. The molecule has 0 aliphatic rings. The Morgan fingerprint density at radius 2 is 1.70 bits per heavy atom. The van der Waals surface area contributed by atoms with Crippen molar-refractivity contribution < 1.29 is 14.7 Å². The highest BCUT2D eigenvalue weighted by molar-refractivity contribution is 9.10. The number of amides is 1. The molecular weight excluding hydrogens is 322 g/mol. The Balaban J connectivity index is 2.74. The third-order valence-corrected chi connectivity index (χ3v) is 4.24. The molecule has 0 saturated carbocycles. The summed E-state index contributed by atoms with van der Waals surface area (Å²) in [7, 11) is 0. The molecule has 5 heteroatoms. The number of hydrogen-bond acceptors (Lipinski definition) is 2. The Morgan fingerprint density at radius 1 is 1.20 bits per heavy atom. The zero-order chi connectivity index (χ0) is 15.5. The van der Waals surface area contributed by atoms with Crippen LogP contribution in [0.1, 0.15) is 37.8 Å². The predicted octanol–water partition coefficient (Wildman–Crippen LogP) is 3.90. The number of carboxylic acids is 1. The molecule has 0 fully saturated rings. The summed E-state index contributed by atoms with van der Waals surface area (Å²) in [6.07, 6.45) is 0.145. The van der Waals surface area contributed by atoms with Gasteiger partial charge in [-0.2, -0.15) is 0 Å². The lowest BCUT2D eigenvalue weighted by molar-refractivity contribution is -0.139. The molecule has 0 saturated heterocycles. The fourth-order valence-corrected chi connectivity index (χ4v) is 2.36. The smallest absolute Gasteiger partial charge is 0.303 e. The molecule has 1 amide bonds. The molecule has 2 N–H and O–H groups in total. The monoisotopic (exact) mass is 341 g/mol. The van der Waals surface area contributed by atoms with E-state index in [0.717, 1.165) is 21.3 Å². The van der Waals surface area contributed by atoms with Gasteiger partial charge in [-0.3, -0.25) is 9.59 Å². The van der Waals surface area contributed by atoms with Crippen LogP contribution in [0, 0.1) is 19.3 Å². The lowest BCUT2D eigenvalue weighted by Gasteiger charge is -2.21. The summed E-state index contributed by atoms with van der Waals surface area (Å²) in [5.41, 5.74) is 2.27. The summed E-state index contributed by atoms with van der Waals surface area (Å²) in [6.45, 7) is 7.47. The van der Waals surface area contributed by atoms with E-state index in [0.29, 0.717) is 0 Å². The number of benzene rings is 1. The lowest BCUT2D eigenvalue weighted by atomic mass is 9.85. The maximum absolute atomic E-state index is 12.0. The SMILES string of the molecule is Cc1cc(NC(=O)CC(C)(C)CC(=O)O)cc(C)c1Br. The minimum absolute atomic E-state index is 0.0290. The standard InChI is InChI=1S/C15H20BrNO3/c1-9-5-11(6-10(2)14(9)16)17-12(18)7-15(3,4)8-13(19)20/h5-6H,7-8H2,1-4H3,(H,17,18)(H,19,20). The molecule has 1 aromatic carbocycles. The maximum Gasteiger partial charge on any atom is 0.303 e. The largest absolute Gasteiger partial charge is 0.481 e. The Kier molecular flexibility index (Phi) is 5.34. The van der Waals surface area contributed by atoms with Gasteiger partial charge in [-0.1, -0.05) is 29.8 Å². The number of rotatable bonds is 5. The number of anilines is 1. The molecule has 1 aromatic rings. The lowest BCUT2D eigenvalue weighted by Crippen LogP contribution is -2.24. The van der Waals surface area contributed by atoms with Crippen LogP contribution in [0.3, 0.4) is 0 Å². The number of hydrogen-bond donors (Lipinski definition) is 2. The summed E-state index contributed by atoms with van der Waals surface area (Å²) in [4.78, 5) is 22.7. The minimum Gasteiger partial charge on any atom is -0.481 e. The zero-order valence-electron chi connectivity index (χ0n) is 12.2. The van der Waals surface area contributed by atoms with Gasteiger partial charge in [0.15, 0.2) is 0 Å². The third-order valence-electron chi connectivity index (χ3n) is 2.99.